The van der Waals surface area contributed by atoms with Crippen molar-refractivity contribution in [1.29, 1.82) is 0 Å². The third-order valence-corrected chi connectivity index (χ3v) is 12.9. The second-order valence-corrected chi connectivity index (χ2v) is 16.6. The van der Waals surface area contributed by atoms with Crippen LogP contribution in [-0.4, -0.2) is 4.57 Å². The Balaban J connectivity index is 0.968. The predicted molar refractivity (Wildman–Crippen MR) is 271 cm³/mol. The van der Waals surface area contributed by atoms with Crippen molar-refractivity contribution in [2.75, 3.05) is 4.90 Å². The van der Waals surface area contributed by atoms with Crippen LogP contribution in [0.5, 0.6) is 0 Å². The van der Waals surface area contributed by atoms with Gasteiger partial charge in [0.2, 0.25) is 0 Å². The van der Waals surface area contributed by atoms with Crippen molar-refractivity contribution in [3.05, 3.63) is 260 Å². The summed E-state index contributed by atoms with van der Waals surface area (Å²) in [5, 5.41) is 2.48. The Hall–Kier alpha value is -8.46. The van der Waals surface area contributed by atoms with Crippen molar-refractivity contribution in [2.24, 2.45) is 0 Å². The zero-order valence-electron chi connectivity index (χ0n) is 35.2. The molecule has 1 aliphatic rings. The first-order chi connectivity index (χ1) is 31.7. The molecule has 0 bridgehead atoms. The molecule has 1 heterocycles. The van der Waals surface area contributed by atoms with Gasteiger partial charge in [-0.3, -0.25) is 0 Å². The summed E-state index contributed by atoms with van der Waals surface area (Å²) in [7, 11) is 0. The van der Waals surface area contributed by atoms with Crippen LogP contribution in [0.4, 0.5) is 17.1 Å². The molecule has 64 heavy (non-hydrogen) atoms. The van der Waals surface area contributed by atoms with Crippen molar-refractivity contribution in [3.8, 4) is 61.3 Å². The number of para-hydroxylation sites is 2. The summed E-state index contributed by atoms with van der Waals surface area (Å²) < 4.78 is 2.43. The highest BCUT2D eigenvalue weighted by atomic mass is 15.1. The lowest BCUT2D eigenvalue weighted by Crippen LogP contribution is -2.11. The monoisotopic (exact) mass is 814 g/mol. The van der Waals surface area contributed by atoms with Gasteiger partial charge in [-0.2, -0.15) is 0 Å². The fourth-order valence-electron chi connectivity index (χ4n) is 9.79. The summed E-state index contributed by atoms with van der Waals surface area (Å²) in [6.45, 7) is 4.47. The Bertz CT molecular complexity index is 3460. The molecule has 300 valence electrons. The van der Waals surface area contributed by atoms with Crippen molar-refractivity contribution in [3.63, 3.8) is 0 Å². The number of anilines is 3. The Morgan fingerprint density at radius 3 is 1.50 bits per heavy atom. The first-order valence-corrected chi connectivity index (χ1v) is 21.9. The molecule has 10 aromatic carbocycles. The molecular formula is C62H42N2. The first-order valence-electron chi connectivity index (χ1n) is 21.9. The molecule has 0 atom stereocenters. The standard InChI is InChI=1S/C62H42N2/c1-42-53-21-8-9-23-56(53)59-41-52(36-38-54(42)59)64-61-26-13-11-24-57(61)58-37-31-48(40-62(58)64)47-19-14-20-49(39-47)55-22-10-12-25-60(55)63(50-32-27-45(28-33-50)43-15-4-2-5-16-43)51-34-29-46(30-35-51)44-17-6-3-7-18-44/h2-41H,1H2. The van der Waals surface area contributed by atoms with Crippen LogP contribution in [0, 0.1) is 0 Å². The number of benzene rings is 10. The van der Waals surface area contributed by atoms with Gasteiger partial charge in [0, 0.05) is 33.4 Å². The lowest BCUT2D eigenvalue weighted by molar-refractivity contribution is 1.18. The van der Waals surface area contributed by atoms with Crippen LogP contribution in [-0.2, 0) is 0 Å². The quantitative estimate of drug-likeness (QED) is 0.148. The van der Waals surface area contributed by atoms with Crippen LogP contribution in [0.3, 0.4) is 0 Å². The maximum atomic E-state index is 4.47. The molecule has 2 heteroatoms. The normalized spacial score (nSPS) is 11.8. The number of hydrogen-bond donors (Lipinski definition) is 0. The Morgan fingerprint density at radius 2 is 0.797 bits per heavy atom. The fraction of sp³-hybridized carbons (Fsp3) is 0. The smallest absolute Gasteiger partial charge is 0.0547 e. The summed E-state index contributed by atoms with van der Waals surface area (Å²) >= 11 is 0. The number of fused-ring (bicyclic) bond motifs is 6. The highest BCUT2D eigenvalue weighted by Crippen LogP contribution is 2.46. The van der Waals surface area contributed by atoms with Crippen LogP contribution in [0.15, 0.2) is 249 Å². The van der Waals surface area contributed by atoms with Crippen molar-refractivity contribution in [2.45, 2.75) is 0 Å². The third-order valence-electron chi connectivity index (χ3n) is 12.9. The largest absolute Gasteiger partial charge is 0.310 e. The number of nitrogens with zero attached hydrogens (tertiary/aromatic N) is 2. The van der Waals surface area contributed by atoms with Gasteiger partial charge in [0.1, 0.15) is 0 Å². The van der Waals surface area contributed by atoms with Crippen LogP contribution in [0.1, 0.15) is 11.1 Å². The number of hydrogen-bond acceptors (Lipinski definition) is 1. The van der Waals surface area contributed by atoms with Crippen LogP contribution in [0.25, 0.3) is 88.7 Å². The van der Waals surface area contributed by atoms with E-state index in [1.165, 1.54) is 71.9 Å². The zero-order valence-corrected chi connectivity index (χ0v) is 35.2. The molecule has 2 nitrogen and oxygen atoms in total. The molecule has 0 radical (unpaired) electrons. The molecule has 0 saturated carbocycles. The van der Waals surface area contributed by atoms with Gasteiger partial charge in [-0.15, -0.1) is 0 Å². The Kier molecular flexibility index (Phi) is 9.02. The average Bonchev–Trinajstić information content (AvgIpc) is 3.85. The fourth-order valence-corrected chi connectivity index (χ4v) is 9.79. The van der Waals surface area contributed by atoms with E-state index in [4.69, 9.17) is 0 Å². The molecule has 0 N–H and O–H groups in total. The minimum Gasteiger partial charge on any atom is -0.310 e. The van der Waals surface area contributed by atoms with Crippen LogP contribution < -0.4 is 4.90 Å². The maximum Gasteiger partial charge on any atom is 0.0547 e. The molecule has 0 fully saturated rings. The minimum absolute atomic E-state index is 1.09. The summed E-state index contributed by atoms with van der Waals surface area (Å²) in [6, 6.07) is 88.0. The second-order valence-electron chi connectivity index (χ2n) is 16.6. The van der Waals surface area contributed by atoms with Gasteiger partial charge in [-0.05, 0) is 127 Å². The molecule has 0 spiro atoms. The molecular weight excluding hydrogens is 773 g/mol. The lowest BCUT2D eigenvalue weighted by Gasteiger charge is -2.28. The summed E-state index contributed by atoms with van der Waals surface area (Å²) in [5.41, 5.74) is 22.2. The van der Waals surface area contributed by atoms with Crippen molar-refractivity contribution in [1.82, 2.24) is 4.57 Å². The zero-order chi connectivity index (χ0) is 42.6. The van der Waals surface area contributed by atoms with Gasteiger partial charge in [0.25, 0.3) is 0 Å². The van der Waals surface area contributed by atoms with Crippen molar-refractivity contribution < 1.29 is 0 Å². The summed E-state index contributed by atoms with van der Waals surface area (Å²) in [6.07, 6.45) is 0. The lowest BCUT2D eigenvalue weighted by atomic mass is 9.96. The highest BCUT2D eigenvalue weighted by Gasteiger charge is 2.24. The number of rotatable bonds is 8. The van der Waals surface area contributed by atoms with Crippen LogP contribution in [0.2, 0.25) is 0 Å². The van der Waals surface area contributed by atoms with Gasteiger partial charge in [0.15, 0.2) is 0 Å². The average molecular weight is 815 g/mol. The van der Waals surface area contributed by atoms with E-state index in [2.05, 4.69) is 259 Å². The van der Waals surface area contributed by atoms with Crippen molar-refractivity contribution >= 4 is 44.4 Å². The Morgan fingerprint density at radius 1 is 0.297 bits per heavy atom. The Labute approximate surface area is 373 Å². The molecule has 0 amide bonds. The number of aromatic nitrogens is 1. The molecule has 0 saturated heterocycles. The van der Waals surface area contributed by atoms with E-state index in [-0.39, 0.29) is 0 Å². The van der Waals surface area contributed by atoms with E-state index < -0.39 is 0 Å². The summed E-state index contributed by atoms with van der Waals surface area (Å²) in [4.78, 5) is 2.39. The van der Waals surface area contributed by atoms with Gasteiger partial charge in [-0.25, -0.2) is 0 Å². The molecule has 11 aromatic rings. The van der Waals surface area contributed by atoms with Gasteiger partial charge in [-0.1, -0.05) is 189 Å². The second kappa shape index (κ2) is 15.5. The summed E-state index contributed by atoms with van der Waals surface area (Å²) in [5.74, 6) is 0. The SMILES string of the molecule is C=C1c2ccccc2-c2cc(-n3c4ccccc4c4ccc(-c5cccc(-c6ccccc6N(c6ccc(-c7ccccc7)cc6)c6ccc(-c7ccccc7)cc6)c5)cc43)ccc21. The van der Waals surface area contributed by atoms with E-state index >= 15 is 0 Å². The van der Waals surface area contributed by atoms with E-state index in [1.54, 1.807) is 0 Å². The predicted octanol–water partition coefficient (Wildman–Crippen LogP) is 17.0. The topological polar surface area (TPSA) is 8.17 Å². The van der Waals surface area contributed by atoms with Gasteiger partial charge >= 0.3 is 0 Å². The van der Waals surface area contributed by atoms with Gasteiger partial charge in [0.05, 0.1) is 16.7 Å². The third kappa shape index (κ3) is 6.35. The van der Waals surface area contributed by atoms with Gasteiger partial charge < -0.3 is 9.47 Å². The highest BCUT2D eigenvalue weighted by molar-refractivity contribution is 6.11. The minimum atomic E-state index is 1.09. The molecule has 1 aromatic heterocycles. The molecule has 0 aliphatic heterocycles. The molecule has 12 rings (SSSR count). The molecule has 1 aliphatic carbocycles. The van der Waals surface area contributed by atoms with E-state index in [9.17, 15) is 0 Å². The van der Waals surface area contributed by atoms with E-state index in [1.807, 2.05) is 0 Å². The first kappa shape index (κ1) is 37.3. The van der Waals surface area contributed by atoms with Crippen LogP contribution >= 0.6 is 0 Å². The maximum absolute atomic E-state index is 4.47. The van der Waals surface area contributed by atoms with E-state index in [0.29, 0.717) is 0 Å². The van der Waals surface area contributed by atoms with E-state index in [0.717, 1.165) is 45.0 Å². The molecule has 0 unspecified atom stereocenters.